The summed E-state index contributed by atoms with van der Waals surface area (Å²) in [4.78, 5) is 4.37. The van der Waals surface area contributed by atoms with Gasteiger partial charge in [0, 0.05) is 24.0 Å². The van der Waals surface area contributed by atoms with E-state index in [9.17, 15) is 0 Å². The van der Waals surface area contributed by atoms with E-state index in [0.717, 1.165) is 49.5 Å². The molecule has 2 rings (SSSR count). The van der Waals surface area contributed by atoms with Crippen molar-refractivity contribution in [2.75, 3.05) is 0 Å². The average Bonchev–Trinajstić information content (AvgIpc) is 2.70. The molecule has 4 nitrogen and oxygen atoms in total. The third-order valence-corrected chi connectivity index (χ3v) is 3.56. The van der Waals surface area contributed by atoms with E-state index in [1.54, 1.807) is 0 Å². The van der Waals surface area contributed by atoms with E-state index < -0.39 is 0 Å². The standard InChI is InChI=1S/C11H19N3OS/c1-2-3-10-13-11(16-14-10)15-9-6-4-8(12)5-7-9/h8-9H,2-7,12H2,1H3. The number of nitrogens with zero attached hydrogens (tertiary/aromatic N) is 2. The summed E-state index contributed by atoms with van der Waals surface area (Å²) in [5.74, 6) is 0.912. The zero-order valence-corrected chi connectivity index (χ0v) is 10.5. The van der Waals surface area contributed by atoms with Crippen LogP contribution in [0, 0.1) is 0 Å². The van der Waals surface area contributed by atoms with Crippen LogP contribution >= 0.6 is 11.5 Å². The van der Waals surface area contributed by atoms with Gasteiger partial charge in [-0.15, -0.1) is 0 Å². The van der Waals surface area contributed by atoms with Gasteiger partial charge in [-0.05, 0) is 32.1 Å². The predicted octanol–water partition coefficient (Wildman–Crippen LogP) is 2.14. The SMILES string of the molecule is CCCc1nsc(OC2CCC(N)CC2)n1. The van der Waals surface area contributed by atoms with E-state index in [1.807, 2.05) is 0 Å². The molecule has 1 aliphatic carbocycles. The third-order valence-electron chi connectivity index (χ3n) is 2.91. The second-order valence-corrected chi connectivity index (χ2v) is 5.10. The minimum absolute atomic E-state index is 0.294. The van der Waals surface area contributed by atoms with Crippen LogP contribution in [0.25, 0.3) is 0 Å². The van der Waals surface area contributed by atoms with Crippen molar-refractivity contribution in [3.63, 3.8) is 0 Å². The summed E-state index contributed by atoms with van der Waals surface area (Å²) in [5, 5.41) is 0.726. The lowest BCUT2D eigenvalue weighted by atomic mass is 9.94. The maximum atomic E-state index is 5.85. The molecule has 0 aromatic carbocycles. The smallest absolute Gasteiger partial charge is 0.293 e. The molecule has 1 saturated carbocycles. The highest BCUT2D eigenvalue weighted by atomic mass is 32.1. The quantitative estimate of drug-likeness (QED) is 0.877. The normalized spacial score (nSPS) is 25.6. The Morgan fingerprint density at radius 3 is 2.81 bits per heavy atom. The topological polar surface area (TPSA) is 61.0 Å². The molecule has 1 fully saturated rings. The van der Waals surface area contributed by atoms with Gasteiger partial charge in [0.05, 0.1) is 0 Å². The molecule has 5 heteroatoms. The van der Waals surface area contributed by atoms with Crippen LogP contribution in [0.15, 0.2) is 0 Å². The van der Waals surface area contributed by atoms with Crippen LogP contribution in [0.1, 0.15) is 44.9 Å². The van der Waals surface area contributed by atoms with Gasteiger partial charge in [-0.25, -0.2) is 0 Å². The van der Waals surface area contributed by atoms with Crippen molar-refractivity contribution in [1.82, 2.24) is 9.36 Å². The Bertz CT molecular complexity index is 321. The van der Waals surface area contributed by atoms with Gasteiger partial charge in [-0.2, -0.15) is 9.36 Å². The van der Waals surface area contributed by atoms with Crippen molar-refractivity contribution in [3.8, 4) is 5.19 Å². The number of hydrogen-bond acceptors (Lipinski definition) is 5. The third kappa shape index (κ3) is 3.15. The summed E-state index contributed by atoms with van der Waals surface area (Å²) in [6, 6.07) is 0.366. The van der Waals surface area contributed by atoms with Crippen molar-refractivity contribution in [2.24, 2.45) is 5.73 Å². The second-order valence-electron chi connectivity index (χ2n) is 4.38. The lowest BCUT2D eigenvalue weighted by Crippen LogP contribution is -2.31. The molecule has 1 aromatic rings. The highest BCUT2D eigenvalue weighted by Gasteiger charge is 2.21. The molecule has 1 heterocycles. The lowest BCUT2D eigenvalue weighted by Gasteiger charge is -2.25. The average molecular weight is 241 g/mol. The highest BCUT2D eigenvalue weighted by molar-refractivity contribution is 7.07. The van der Waals surface area contributed by atoms with Crippen molar-refractivity contribution in [1.29, 1.82) is 0 Å². The number of rotatable bonds is 4. The van der Waals surface area contributed by atoms with Crippen LogP contribution in [0.4, 0.5) is 0 Å². The number of ether oxygens (including phenoxy) is 1. The number of aryl methyl sites for hydroxylation is 1. The number of nitrogens with two attached hydrogens (primary N) is 1. The molecule has 0 atom stereocenters. The van der Waals surface area contributed by atoms with Crippen LogP contribution in [-0.2, 0) is 6.42 Å². The first kappa shape index (κ1) is 11.8. The molecule has 1 aromatic heterocycles. The van der Waals surface area contributed by atoms with Gasteiger partial charge in [0.2, 0.25) is 0 Å². The van der Waals surface area contributed by atoms with Crippen LogP contribution in [0.3, 0.4) is 0 Å². The summed E-state index contributed by atoms with van der Waals surface area (Å²) < 4.78 is 10.1. The summed E-state index contributed by atoms with van der Waals surface area (Å²) >= 11 is 1.37. The predicted molar refractivity (Wildman–Crippen MR) is 64.8 cm³/mol. The fourth-order valence-corrected chi connectivity index (χ4v) is 2.60. The van der Waals surface area contributed by atoms with Crippen LogP contribution < -0.4 is 10.5 Å². The first-order valence-corrected chi connectivity index (χ1v) is 6.80. The van der Waals surface area contributed by atoms with Crippen molar-refractivity contribution >= 4 is 11.5 Å². The molecule has 0 amide bonds. The monoisotopic (exact) mass is 241 g/mol. The van der Waals surface area contributed by atoms with Crippen molar-refractivity contribution in [2.45, 2.75) is 57.6 Å². The molecule has 0 bridgehead atoms. The molecular weight excluding hydrogens is 222 g/mol. The summed E-state index contributed by atoms with van der Waals surface area (Å²) in [5.41, 5.74) is 5.85. The first-order valence-electron chi connectivity index (χ1n) is 6.02. The second kappa shape index (κ2) is 5.59. The molecule has 16 heavy (non-hydrogen) atoms. The molecule has 2 N–H and O–H groups in total. The Morgan fingerprint density at radius 2 is 2.12 bits per heavy atom. The fraction of sp³-hybridized carbons (Fsp3) is 0.818. The minimum atomic E-state index is 0.294. The van der Waals surface area contributed by atoms with E-state index in [2.05, 4.69) is 16.3 Å². The van der Waals surface area contributed by atoms with Crippen LogP contribution in [-0.4, -0.2) is 21.5 Å². The molecular formula is C11H19N3OS. The summed E-state index contributed by atoms with van der Waals surface area (Å²) in [6.45, 7) is 2.13. The van der Waals surface area contributed by atoms with Gasteiger partial charge >= 0.3 is 0 Å². The number of aromatic nitrogens is 2. The van der Waals surface area contributed by atoms with E-state index in [4.69, 9.17) is 10.5 Å². The Balaban J connectivity index is 1.83. The Kier molecular flexibility index (Phi) is 4.12. The largest absolute Gasteiger partial charge is 0.466 e. The molecule has 0 saturated heterocycles. The minimum Gasteiger partial charge on any atom is -0.466 e. The highest BCUT2D eigenvalue weighted by Crippen LogP contribution is 2.24. The summed E-state index contributed by atoms with van der Waals surface area (Å²) in [6.07, 6.45) is 6.52. The van der Waals surface area contributed by atoms with Gasteiger partial charge < -0.3 is 10.5 Å². The first-order chi connectivity index (χ1) is 7.78. The Labute approximate surface area is 100 Å². The van der Waals surface area contributed by atoms with Crippen molar-refractivity contribution in [3.05, 3.63) is 5.82 Å². The van der Waals surface area contributed by atoms with E-state index in [1.165, 1.54) is 11.5 Å². The Hall–Kier alpha value is -0.680. The fourth-order valence-electron chi connectivity index (χ4n) is 1.96. The molecule has 90 valence electrons. The molecule has 0 spiro atoms. The van der Waals surface area contributed by atoms with Crippen LogP contribution in [0.5, 0.6) is 5.19 Å². The Morgan fingerprint density at radius 1 is 1.38 bits per heavy atom. The maximum absolute atomic E-state index is 5.85. The van der Waals surface area contributed by atoms with Crippen molar-refractivity contribution < 1.29 is 4.74 Å². The van der Waals surface area contributed by atoms with Gasteiger partial charge in [-0.1, -0.05) is 6.92 Å². The van der Waals surface area contributed by atoms with Gasteiger partial charge in [0.1, 0.15) is 11.9 Å². The molecule has 0 unspecified atom stereocenters. The zero-order valence-electron chi connectivity index (χ0n) is 9.69. The van der Waals surface area contributed by atoms with Crippen LogP contribution in [0.2, 0.25) is 0 Å². The maximum Gasteiger partial charge on any atom is 0.293 e. The molecule has 1 aliphatic rings. The van der Waals surface area contributed by atoms with Gasteiger partial charge in [-0.3, -0.25) is 0 Å². The molecule has 0 aliphatic heterocycles. The zero-order chi connectivity index (χ0) is 11.4. The van der Waals surface area contributed by atoms with E-state index in [0.29, 0.717) is 12.1 Å². The van der Waals surface area contributed by atoms with Gasteiger partial charge in [0.15, 0.2) is 0 Å². The van der Waals surface area contributed by atoms with Gasteiger partial charge in [0.25, 0.3) is 5.19 Å². The number of hydrogen-bond donors (Lipinski definition) is 1. The van der Waals surface area contributed by atoms with E-state index in [-0.39, 0.29) is 0 Å². The summed E-state index contributed by atoms with van der Waals surface area (Å²) in [7, 11) is 0. The lowest BCUT2D eigenvalue weighted by molar-refractivity contribution is 0.146. The molecule has 0 radical (unpaired) electrons. The van der Waals surface area contributed by atoms with E-state index >= 15 is 0 Å².